The molecule has 0 aliphatic rings. The maximum Gasteiger partial charge on any atom is 0.142 e. The van der Waals surface area contributed by atoms with Crippen molar-refractivity contribution in [1.29, 1.82) is 0 Å². The molecular weight excluding hydrogens is 289 g/mol. The highest BCUT2D eigenvalue weighted by atomic mass is 35.5. The summed E-state index contributed by atoms with van der Waals surface area (Å²) in [5.41, 5.74) is 1.77. The minimum atomic E-state index is -0.397. The second kappa shape index (κ2) is 7.43. The van der Waals surface area contributed by atoms with Crippen LogP contribution in [-0.4, -0.2) is 13.7 Å². The third-order valence-corrected chi connectivity index (χ3v) is 3.74. The maximum absolute atomic E-state index is 13.7. The number of hydrogen-bond acceptors (Lipinski definition) is 2. The second-order valence-corrected chi connectivity index (χ2v) is 5.18. The average Bonchev–Trinajstić information content (AvgIpc) is 2.52. The van der Waals surface area contributed by atoms with Gasteiger partial charge in [-0.3, -0.25) is 0 Å². The van der Waals surface area contributed by atoms with Gasteiger partial charge in [0.1, 0.15) is 11.6 Å². The van der Waals surface area contributed by atoms with Crippen LogP contribution in [0.3, 0.4) is 0 Å². The van der Waals surface area contributed by atoms with Crippen molar-refractivity contribution in [2.75, 3.05) is 13.7 Å². The van der Waals surface area contributed by atoms with Gasteiger partial charge in [0.15, 0.2) is 0 Å². The third-order valence-electron chi connectivity index (χ3n) is 3.34. The van der Waals surface area contributed by atoms with Gasteiger partial charge >= 0.3 is 0 Å². The number of nitrogens with one attached hydrogen (secondary N) is 1. The van der Waals surface area contributed by atoms with Crippen LogP contribution in [0.1, 0.15) is 30.5 Å². The van der Waals surface area contributed by atoms with Gasteiger partial charge in [-0.1, -0.05) is 42.8 Å². The van der Waals surface area contributed by atoms with Gasteiger partial charge in [-0.2, -0.15) is 0 Å². The lowest BCUT2D eigenvalue weighted by Crippen LogP contribution is -2.23. The number of ether oxygens (including phenoxy) is 1. The highest BCUT2D eigenvalue weighted by Gasteiger charge is 2.18. The van der Waals surface area contributed by atoms with Gasteiger partial charge in [0.2, 0.25) is 0 Å². The summed E-state index contributed by atoms with van der Waals surface area (Å²) in [6, 6.07) is 12.5. The number of hydrogen-bond donors (Lipinski definition) is 1. The predicted octanol–water partition coefficient (Wildman–Crippen LogP) is 4.58. The molecule has 0 amide bonds. The summed E-state index contributed by atoms with van der Waals surface area (Å²) in [7, 11) is 1.63. The summed E-state index contributed by atoms with van der Waals surface area (Å²) in [6.45, 7) is 2.91. The number of rotatable bonds is 6. The van der Waals surface area contributed by atoms with E-state index in [1.165, 1.54) is 6.07 Å². The smallest absolute Gasteiger partial charge is 0.142 e. The first-order valence-corrected chi connectivity index (χ1v) is 7.36. The summed E-state index contributed by atoms with van der Waals surface area (Å²) in [5.74, 6) is 0.393. The molecule has 1 N–H and O–H groups in total. The number of halogens is 2. The molecule has 2 rings (SSSR count). The van der Waals surface area contributed by atoms with E-state index in [1.807, 2.05) is 30.3 Å². The molecule has 0 saturated carbocycles. The quantitative estimate of drug-likeness (QED) is 0.843. The van der Waals surface area contributed by atoms with Crippen LogP contribution in [0.2, 0.25) is 5.02 Å². The molecule has 0 aliphatic heterocycles. The Labute approximate surface area is 129 Å². The zero-order valence-electron chi connectivity index (χ0n) is 12.2. The van der Waals surface area contributed by atoms with Crippen LogP contribution in [0.5, 0.6) is 5.75 Å². The summed E-state index contributed by atoms with van der Waals surface area (Å²) in [6.07, 6.45) is 0.986. The van der Waals surface area contributed by atoms with E-state index in [1.54, 1.807) is 13.2 Å². The Hall–Kier alpha value is -1.58. The van der Waals surface area contributed by atoms with Crippen molar-refractivity contribution >= 4 is 11.6 Å². The van der Waals surface area contributed by atoms with Gasteiger partial charge in [0, 0.05) is 0 Å². The Morgan fingerprint density at radius 3 is 2.52 bits per heavy atom. The average molecular weight is 308 g/mol. The van der Waals surface area contributed by atoms with Crippen LogP contribution >= 0.6 is 11.6 Å². The fourth-order valence-corrected chi connectivity index (χ4v) is 2.47. The molecule has 0 fully saturated rings. The van der Waals surface area contributed by atoms with E-state index in [-0.39, 0.29) is 11.1 Å². The molecule has 1 atom stereocenters. The van der Waals surface area contributed by atoms with Crippen molar-refractivity contribution in [2.45, 2.75) is 19.4 Å². The molecule has 0 heterocycles. The van der Waals surface area contributed by atoms with E-state index < -0.39 is 5.82 Å². The van der Waals surface area contributed by atoms with Gasteiger partial charge in [-0.05, 0) is 42.3 Å². The van der Waals surface area contributed by atoms with Crippen LogP contribution in [0.15, 0.2) is 42.5 Å². The molecule has 0 radical (unpaired) electrons. The molecule has 2 nitrogen and oxygen atoms in total. The van der Waals surface area contributed by atoms with Crippen LogP contribution in [0.25, 0.3) is 0 Å². The highest BCUT2D eigenvalue weighted by Crippen LogP contribution is 2.31. The zero-order valence-corrected chi connectivity index (χ0v) is 13.0. The zero-order chi connectivity index (χ0) is 15.2. The molecule has 0 aromatic heterocycles. The summed E-state index contributed by atoms with van der Waals surface area (Å²) >= 11 is 6.14. The highest BCUT2D eigenvalue weighted by molar-refractivity contribution is 6.31. The van der Waals surface area contributed by atoms with Crippen molar-refractivity contribution in [3.05, 3.63) is 64.4 Å². The van der Waals surface area contributed by atoms with Crippen molar-refractivity contribution in [3.8, 4) is 5.75 Å². The van der Waals surface area contributed by atoms with Gasteiger partial charge in [-0.25, -0.2) is 4.39 Å². The summed E-state index contributed by atoms with van der Waals surface area (Å²) in [4.78, 5) is 0. The van der Waals surface area contributed by atoms with E-state index in [9.17, 15) is 4.39 Å². The van der Waals surface area contributed by atoms with E-state index >= 15 is 0 Å². The maximum atomic E-state index is 13.7. The van der Waals surface area contributed by atoms with Crippen molar-refractivity contribution < 1.29 is 9.13 Å². The fraction of sp³-hybridized carbons (Fsp3) is 0.294. The first-order chi connectivity index (χ1) is 10.2. The van der Waals surface area contributed by atoms with Crippen molar-refractivity contribution in [3.63, 3.8) is 0 Å². The van der Waals surface area contributed by atoms with Crippen LogP contribution < -0.4 is 10.1 Å². The molecule has 0 saturated heterocycles. The fourth-order valence-electron chi connectivity index (χ4n) is 2.24. The van der Waals surface area contributed by atoms with E-state index in [0.717, 1.165) is 29.8 Å². The Balaban J connectivity index is 2.39. The Morgan fingerprint density at radius 1 is 1.19 bits per heavy atom. The van der Waals surface area contributed by atoms with Crippen LogP contribution in [0.4, 0.5) is 4.39 Å². The second-order valence-electron chi connectivity index (χ2n) is 4.80. The lowest BCUT2D eigenvalue weighted by Gasteiger charge is -2.21. The minimum Gasteiger partial charge on any atom is -0.497 e. The molecule has 2 aromatic carbocycles. The molecular formula is C17H19ClFNO. The monoisotopic (exact) mass is 307 g/mol. The predicted molar refractivity (Wildman–Crippen MR) is 84.5 cm³/mol. The van der Waals surface area contributed by atoms with E-state index in [2.05, 4.69) is 12.2 Å². The minimum absolute atomic E-state index is 0.140. The molecule has 0 spiro atoms. The van der Waals surface area contributed by atoms with E-state index in [4.69, 9.17) is 16.3 Å². The number of benzene rings is 2. The Kier molecular flexibility index (Phi) is 5.59. The molecule has 1 unspecified atom stereocenters. The summed E-state index contributed by atoms with van der Waals surface area (Å²) in [5, 5.41) is 3.58. The lowest BCUT2D eigenvalue weighted by molar-refractivity contribution is 0.414. The molecule has 21 heavy (non-hydrogen) atoms. The van der Waals surface area contributed by atoms with Crippen molar-refractivity contribution in [2.24, 2.45) is 0 Å². The first-order valence-electron chi connectivity index (χ1n) is 6.98. The normalized spacial score (nSPS) is 12.2. The molecule has 4 heteroatoms. The number of methoxy groups -OCH3 is 1. The van der Waals surface area contributed by atoms with Crippen molar-refractivity contribution in [1.82, 2.24) is 5.32 Å². The molecule has 112 valence electrons. The molecule has 0 bridgehead atoms. The standard InChI is InChI=1S/C17H19ClFNO/c1-3-11-20-17(12-7-9-13(21-2)10-8-12)14-5-4-6-15(19)16(14)18/h4-10,17,20H,3,11H2,1-2H3. The largest absolute Gasteiger partial charge is 0.497 e. The SMILES string of the molecule is CCCNC(c1ccc(OC)cc1)c1cccc(F)c1Cl. The topological polar surface area (TPSA) is 21.3 Å². The Morgan fingerprint density at radius 2 is 1.90 bits per heavy atom. The molecule has 0 aliphatic carbocycles. The third kappa shape index (κ3) is 3.74. The summed E-state index contributed by atoms with van der Waals surface area (Å²) < 4.78 is 18.9. The van der Waals surface area contributed by atoms with Gasteiger partial charge < -0.3 is 10.1 Å². The van der Waals surface area contributed by atoms with Gasteiger partial charge in [-0.15, -0.1) is 0 Å². The molecule has 2 aromatic rings. The van der Waals surface area contributed by atoms with E-state index in [0.29, 0.717) is 0 Å². The lowest BCUT2D eigenvalue weighted by atomic mass is 9.98. The van der Waals surface area contributed by atoms with Crippen LogP contribution in [-0.2, 0) is 0 Å². The van der Waals surface area contributed by atoms with Gasteiger partial charge in [0.05, 0.1) is 18.2 Å². The van der Waals surface area contributed by atoms with Crippen LogP contribution in [0, 0.1) is 5.82 Å². The Bertz CT molecular complexity index is 586. The van der Waals surface area contributed by atoms with Gasteiger partial charge in [0.25, 0.3) is 0 Å². The first kappa shape index (κ1) is 15.8.